The van der Waals surface area contributed by atoms with Crippen molar-refractivity contribution in [2.75, 3.05) is 62.6 Å². The highest BCUT2D eigenvalue weighted by molar-refractivity contribution is 7.99. The standard InChI is InChI=1S/C27H32N4OS/c32-20-19-30-17-15-29(16-18-30)13-6-14-31-24-9-4-5-10-26(24)33-27-12-11-23(21-25(27)31)28-22-7-2-1-3-8-22/h1-5,7-12,21,28,32H,6,13-20H2. The molecule has 0 radical (unpaired) electrons. The Hall–Kier alpha value is -2.51. The highest BCUT2D eigenvalue weighted by Crippen LogP contribution is 2.49. The van der Waals surface area contributed by atoms with Gasteiger partial charge in [0.15, 0.2) is 0 Å². The number of hydrogen-bond donors (Lipinski definition) is 2. The molecular weight excluding hydrogens is 428 g/mol. The molecule has 0 aliphatic carbocycles. The molecule has 0 saturated carbocycles. The Morgan fingerprint density at radius 3 is 2.18 bits per heavy atom. The number of hydrogen-bond acceptors (Lipinski definition) is 6. The summed E-state index contributed by atoms with van der Waals surface area (Å²) in [5.74, 6) is 0. The van der Waals surface area contributed by atoms with Gasteiger partial charge >= 0.3 is 0 Å². The van der Waals surface area contributed by atoms with Gasteiger partial charge in [0.25, 0.3) is 0 Å². The van der Waals surface area contributed by atoms with Crippen LogP contribution < -0.4 is 10.2 Å². The van der Waals surface area contributed by atoms with E-state index in [4.69, 9.17) is 5.11 Å². The Morgan fingerprint density at radius 1 is 0.697 bits per heavy atom. The van der Waals surface area contributed by atoms with Gasteiger partial charge in [-0.05, 0) is 55.4 Å². The van der Waals surface area contributed by atoms with E-state index >= 15 is 0 Å². The molecule has 0 amide bonds. The van der Waals surface area contributed by atoms with Gasteiger partial charge in [0.1, 0.15) is 0 Å². The zero-order valence-corrected chi connectivity index (χ0v) is 19.8. The molecule has 1 saturated heterocycles. The van der Waals surface area contributed by atoms with Crippen molar-refractivity contribution in [3.05, 3.63) is 72.8 Å². The van der Waals surface area contributed by atoms with Crippen molar-refractivity contribution >= 4 is 34.5 Å². The number of para-hydroxylation sites is 2. The van der Waals surface area contributed by atoms with E-state index in [1.54, 1.807) is 0 Å². The van der Waals surface area contributed by atoms with E-state index in [0.29, 0.717) is 0 Å². The summed E-state index contributed by atoms with van der Waals surface area (Å²) in [6.07, 6.45) is 1.12. The van der Waals surface area contributed by atoms with Gasteiger partial charge in [-0.3, -0.25) is 4.90 Å². The smallest absolute Gasteiger partial charge is 0.0573 e. The first-order chi connectivity index (χ1) is 16.3. The quantitative estimate of drug-likeness (QED) is 0.491. The zero-order valence-electron chi connectivity index (χ0n) is 19.0. The highest BCUT2D eigenvalue weighted by atomic mass is 32.2. The lowest BCUT2D eigenvalue weighted by Crippen LogP contribution is -2.47. The third kappa shape index (κ3) is 5.36. The molecule has 0 atom stereocenters. The van der Waals surface area contributed by atoms with Crippen LogP contribution in [0.2, 0.25) is 0 Å². The Morgan fingerprint density at radius 2 is 1.39 bits per heavy atom. The van der Waals surface area contributed by atoms with Gasteiger partial charge < -0.3 is 20.2 Å². The van der Waals surface area contributed by atoms with Crippen molar-refractivity contribution < 1.29 is 5.11 Å². The fraction of sp³-hybridized carbons (Fsp3) is 0.333. The maximum atomic E-state index is 9.17. The number of β-amino-alcohol motifs (C(OH)–C–C–N with tert-alkyl or cyclic N) is 1. The van der Waals surface area contributed by atoms with Crippen LogP contribution in [0.1, 0.15) is 6.42 Å². The van der Waals surface area contributed by atoms with Crippen LogP contribution in [0.25, 0.3) is 0 Å². The molecule has 1 fully saturated rings. The highest BCUT2D eigenvalue weighted by Gasteiger charge is 2.24. The van der Waals surface area contributed by atoms with Crippen LogP contribution in [0.4, 0.5) is 22.7 Å². The predicted molar refractivity (Wildman–Crippen MR) is 138 cm³/mol. The molecule has 6 heteroatoms. The van der Waals surface area contributed by atoms with Crippen molar-refractivity contribution in [1.82, 2.24) is 9.80 Å². The molecule has 0 spiro atoms. The first-order valence-electron chi connectivity index (χ1n) is 11.9. The second kappa shape index (κ2) is 10.6. The molecule has 0 bridgehead atoms. The Bertz CT molecular complexity index is 1050. The van der Waals surface area contributed by atoms with E-state index in [-0.39, 0.29) is 6.61 Å². The maximum absolute atomic E-state index is 9.17. The minimum absolute atomic E-state index is 0.257. The Balaban J connectivity index is 1.30. The molecule has 3 aromatic rings. The molecule has 172 valence electrons. The van der Waals surface area contributed by atoms with E-state index in [9.17, 15) is 0 Å². The SMILES string of the molecule is OCCN1CCN(CCCN2c3ccccc3Sc3ccc(Nc4ccccc4)cc32)CC1. The number of piperazine rings is 1. The minimum atomic E-state index is 0.257. The average Bonchev–Trinajstić information content (AvgIpc) is 2.86. The van der Waals surface area contributed by atoms with E-state index in [1.807, 2.05) is 17.8 Å². The first kappa shape index (κ1) is 22.3. The molecule has 2 aliphatic heterocycles. The lowest BCUT2D eigenvalue weighted by atomic mass is 10.2. The van der Waals surface area contributed by atoms with Gasteiger partial charge in [-0.15, -0.1) is 0 Å². The van der Waals surface area contributed by atoms with Crippen LogP contribution in [-0.2, 0) is 0 Å². The zero-order chi connectivity index (χ0) is 22.5. The number of fused-ring (bicyclic) bond motifs is 2. The van der Waals surface area contributed by atoms with E-state index in [0.717, 1.165) is 63.6 Å². The average molecular weight is 461 g/mol. The molecular formula is C27H32N4OS. The molecule has 33 heavy (non-hydrogen) atoms. The van der Waals surface area contributed by atoms with Crippen LogP contribution in [0.5, 0.6) is 0 Å². The Kier molecular flexibility index (Phi) is 7.17. The van der Waals surface area contributed by atoms with Gasteiger partial charge in [0.05, 0.1) is 18.0 Å². The second-order valence-corrected chi connectivity index (χ2v) is 9.74. The summed E-state index contributed by atoms with van der Waals surface area (Å²) in [4.78, 5) is 10.1. The van der Waals surface area contributed by atoms with Gasteiger partial charge in [-0.2, -0.15) is 0 Å². The molecule has 2 heterocycles. The molecule has 3 aromatic carbocycles. The number of nitrogens with zero attached hydrogens (tertiary/aromatic N) is 3. The monoisotopic (exact) mass is 460 g/mol. The van der Waals surface area contributed by atoms with E-state index < -0.39 is 0 Å². The van der Waals surface area contributed by atoms with Gasteiger partial charge in [-0.1, -0.05) is 42.1 Å². The summed E-state index contributed by atoms with van der Waals surface area (Å²) in [7, 11) is 0. The lowest BCUT2D eigenvalue weighted by molar-refractivity contribution is 0.112. The summed E-state index contributed by atoms with van der Waals surface area (Å²) in [6.45, 7) is 7.45. The number of nitrogens with one attached hydrogen (secondary N) is 1. The van der Waals surface area contributed by atoms with Crippen LogP contribution >= 0.6 is 11.8 Å². The number of aliphatic hydroxyl groups excluding tert-OH is 1. The molecule has 5 rings (SSSR count). The third-order valence-electron chi connectivity index (χ3n) is 6.43. The van der Waals surface area contributed by atoms with Crippen molar-refractivity contribution in [2.24, 2.45) is 0 Å². The van der Waals surface area contributed by atoms with Crippen LogP contribution in [-0.4, -0.2) is 67.3 Å². The summed E-state index contributed by atoms with van der Waals surface area (Å²) in [6, 6.07) is 25.8. The molecule has 5 nitrogen and oxygen atoms in total. The largest absolute Gasteiger partial charge is 0.395 e. The predicted octanol–water partition coefficient (Wildman–Crippen LogP) is 5.03. The van der Waals surface area contributed by atoms with E-state index in [1.165, 1.54) is 21.2 Å². The van der Waals surface area contributed by atoms with Crippen LogP contribution in [0, 0.1) is 0 Å². The fourth-order valence-electron chi connectivity index (χ4n) is 4.67. The topological polar surface area (TPSA) is 42.0 Å². The van der Waals surface area contributed by atoms with Crippen molar-refractivity contribution in [3.8, 4) is 0 Å². The van der Waals surface area contributed by atoms with Crippen molar-refractivity contribution in [2.45, 2.75) is 16.2 Å². The molecule has 2 N–H and O–H groups in total. The van der Waals surface area contributed by atoms with Gasteiger partial charge in [0.2, 0.25) is 0 Å². The Labute approximate surface area is 201 Å². The molecule has 2 aliphatic rings. The molecule has 0 unspecified atom stereocenters. The number of anilines is 4. The maximum Gasteiger partial charge on any atom is 0.0573 e. The van der Waals surface area contributed by atoms with E-state index in [2.05, 4.69) is 86.7 Å². The number of rotatable bonds is 8. The van der Waals surface area contributed by atoms with Crippen molar-refractivity contribution in [3.63, 3.8) is 0 Å². The van der Waals surface area contributed by atoms with Gasteiger partial charge in [-0.25, -0.2) is 0 Å². The minimum Gasteiger partial charge on any atom is -0.395 e. The molecule has 0 aromatic heterocycles. The van der Waals surface area contributed by atoms with Gasteiger partial charge in [0, 0.05) is 60.4 Å². The number of aliphatic hydroxyl groups is 1. The first-order valence-corrected chi connectivity index (χ1v) is 12.7. The lowest BCUT2D eigenvalue weighted by Gasteiger charge is -2.36. The number of benzene rings is 3. The fourth-order valence-corrected chi connectivity index (χ4v) is 5.74. The summed E-state index contributed by atoms with van der Waals surface area (Å²) < 4.78 is 0. The summed E-state index contributed by atoms with van der Waals surface area (Å²) in [5.41, 5.74) is 4.81. The second-order valence-electron chi connectivity index (χ2n) is 8.66. The van der Waals surface area contributed by atoms with Crippen LogP contribution in [0.15, 0.2) is 82.6 Å². The summed E-state index contributed by atoms with van der Waals surface area (Å²) >= 11 is 1.86. The summed E-state index contributed by atoms with van der Waals surface area (Å²) in [5, 5.41) is 12.7. The third-order valence-corrected chi connectivity index (χ3v) is 7.56. The normalized spacial score (nSPS) is 16.3. The van der Waals surface area contributed by atoms with Crippen molar-refractivity contribution in [1.29, 1.82) is 0 Å². The van der Waals surface area contributed by atoms with Crippen LogP contribution in [0.3, 0.4) is 0 Å².